The van der Waals surface area contributed by atoms with E-state index in [0.717, 1.165) is 22.7 Å². The van der Waals surface area contributed by atoms with Crippen LogP contribution in [-0.2, 0) is 0 Å². The van der Waals surface area contributed by atoms with Crippen molar-refractivity contribution < 1.29 is 4.74 Å². The summed E-state index contributed by atoms with van der Waals surface area (Å²) >= 11 is 0. The Morgan fingerprint density at radius 3 is 2.62 bits per heavy atom. The van der Waals surface area contributed by atoms with Gasteiger partial charge in [0, 0.05) is 17.3 Å². The van der Waals surface area contributed by atoms with Crippen molar-refractivity contribution in [2.45, 2.75) is 6.92 Å². The normalized spacial score (nSPS) is 9.43. The quantitative estimate of drug-likeness (QED) is 0.636. The van der Waals surface area contributed by atoms with Crippen LogP contribution in [0.1, 0.15) is 12.5 Å². The number of nitrogens with zero attached hydrogens (tertiary/aromatic N) is 1. The molecule has 0 atom stereocenters. The van der Waals surface area contributed by atoms with Gasteiger partial charge in [0.05, 0.1) is 12.8 Å². The molecular weight excluding hydrogens is 264 g/mol. The molecule has 0 aliphatic rings. The first-order valence-corrected chi connectivity index (χ1v) is 6.53. The van der Waals surface area contributed by atoms with E-state index in [4.69, 9.17) is 4.74 Å². The van der Waals surface area contributed by atoms with Gasteiger partial charge in [-0.15, -0.1) is 4.91 Å². The van der Waals surface area contributed by atoms with Gasteiger partial charge in [0.2, 0.25) is 0 Å². The maximum atomic E-state index is 10.5. The molecule has 0 bridgehead atoms. The van der Waals surface area contributed by atoms with Gasteiger partial charge in [-0.25, -0.2) is 0 Å². The second kappa shape index (κ2) is 7.08. The number of nitrogens with one attached hydrogen (secondary N) is 1. The second-order valence-corrected chi connectivity index (χ2v) is 4.30. The highest BCUT2D eigenvalue weighted by atomic mass is 16.5. The van der Waals surface area contributed by atoms with Gasteiger partial charge >= 0.3 is 0 Å². The second-order valence-electron chi connectivity index (χ2n) is 4.30. The Morgan fingerprint density at radius 1 is 1.24 bits per heavy atom. The van der Waals surface area contributed by atoms with Crippen molar-refractivity contribution in [2.75, 3.05) is 12.4 Å². The molecule has 0 aliphatic carbocycles. The van der Waals surface area contributed by atoms with Gasteiger partial charge in [-0.3, -0.25) is 0 Å². The van der Waals surface area contributed by atoms with Crippen molar-refractivity contribution in [3.05, 3.63) is 70.8 Å². The number of hydrogen-bond acceptors (Lipinski definition) is 4. The summed E-state index contributed by atoms with van der Waals surface area (Å²) in [7, 11) is 1.63. The summed E-state index contributed by atoms with van der Waals surface area (Å²) < 4.78 is 5.21. The number of hydrogen-bond donors (Lipinski definition) is 1. The number of methoxy groups -OCH3 is 1. The molecule has 0 aromatic heterocycles. The van der Waals surface area contributed by atoms with Gasteiger partial charge < -0.3 is 10.1 Å². The molecule has 0 heterocycles. The third-order valence-corrected chi connectivity index (χ3v) is 2.89. The lowest BCUT2D eigenvalue weighted by molar-refractivity contribution is 0.415. The van der Waals surface area contributed by atoms with Crippen molar-refractivity contribution in [3.63, 3.8) is 0 Å². The van der Waals surface area contributed by atoms with Crippen LogP contribution >= 0.6 is 0 Å². The van der Waals surface area contributed by atoms with E-state index in [2.05, 4.69) is 16.2 Å². The average Bonchev–Trinajstić information content (AvgIpc) is 2.55. The molecule has 0 amide bonds. The molecule has 21 heavy (non-hydrogen) atoms. The minimum absolute atomic E-state index is 0.403. The van der Waals surface area contributed by atoms with E-state index in [9.17, 15) is 4.91 Å². The van der Waals surface area contributed by atoms with Gasteiger partial charge in [0.1, 0.15) is 11.4 Å². The van der Waals surface area contributed by atoms with Crippen LogP contribution in [0.15, 0.2) is 65.5 Å². The van der Waals surface area contributed by atoms with E-state index in [1.54, 1.807) is 19.2 Å². The smallest absolute Gasteiger partial charge is 0.120 e. The fraction of sp³-hybridized carbons (Fsp3) is 0.118. The van der Waals surface area contributed by atoms with Crippen LogP contribution < -0.4 is 10.1 Å². The molecule has 2 aromatic rings. The topological polar surface area (TPSA) is 50.7 Å². The maximum Gasteiger partial charge on any atom is 0.120 e. The Morgan fingerprint density at radius 2 is 2.00 bits per heavy atom. The molecule has 0 unspecified atom stereocenters. The highest BCUT2D eigenvalue weighted by molar-refractivity contribution is 5.77. The largest absolute Gasteiger partial charge is 0.497 e. The van der Waals surface area contributed by atoms with E-state index in [-0.39, 0.29) is 0 Å². The average molecular weight is 280 g/mol. The van der Waals surface area contributed by atoms with Gasteiger partial charge in [-0.2, -0.15) is 0 Å². The molecule has 0 radical (unpaired) electrons. The predicted octanol–water partition coefficient (Wildman–Crippen LogP) is 4.72. The zero-order valence-corrected chi connectivity index (χ0v) is 12.0. The zero-order chi connectivity index (χ0) is 15.1. The molecule has 0 saturated heterocycles. The third-order valence-electron chi connectivity index (χ3n) is 2.89. The highest BCUT2D eigenvalue weighted by Gasteiger charge is 2.03. The number of benzene rings is 2. The molecule has 0 fully saturated rings. The Hall–Kier alpha value is -2.84. The van der Waals surface area contributed by atoms with Crippen LogP contribution in [0, 0.1) is 4.91 Å². The fourth-order valence-electron chi connectivity index (χ4n) is 1.87. The lowest BCUT2D eigenvalue weighted by Crippen LogP contribution is -1.98. The molecule has 2 aromatic carbocycles. The molecular formula is C17H16N2O2. The number of allylic oxidation sites excluding steroid dienone is 1. The number of anilines is 1. The zero-order valence-electron chi connectivity index (χ0n) is 12.0. The first-order valence-electron chi connectivity index (χ1n) is 6.53. The highest BCUT2D eigenvalue weighted by Crippen LogP contribution is 2.23. The van der Waals surface area contributed by atoms with Crippen molar-refractivity contribution in [1.82, 2.24) is 0 Å². The molecule has 0 aliphatic heterocycles. The summed E-state index contributed by atoms with van der Waals surface area (Å²) in [4.78, 5) is 10.5. The van der Waals surface area contributed by atoms with Crippen LogP contribution in [0.5, 0.6) is 5.75 Å². The van der Waals surface area contributed by atoms with E-state index in [1.807, 2.05) is 49.4 Å². The SMILES string of the molecule is CC=C=C(Nc1cccc(OC)c1)c1ccc(N=O)cc1. The monoisotopic (exact) mass is 280 g/mol. The third kappa shape index (κ3) is 3.81. The molecule has 106 valence electrons. The van der Waals surface area contributed by atoms with Crippen molar-refractivity contribution in [2.24, 2.45) is 5.18 Å². The standard InChI is InChI=1S/C17H16N2O2/c1-3-5-17(13-8-10-14(19-20)11-9-13)18-15-6-4-7-16(12-15)21-2/h3-4,6-12,18H,1-2H3. The molecule has 1 N–H and O–H groups in total. The summed E-state index contributed by atoms with van der Waals surface area (Å²) in [5.74, 6) is 0.778. The Balaban J connectivity index is 2.31. The number of ether oxygens (including phenoxy) is 1. The molecule has 4 heteroatoms. The van der Waals surface area contributed by atoms with Crippen LogP contribution in [0.4, 0.5) is 11.4 Å². The Bertz CT molecular complexity index is 684. The van der Waals surface area contributed by atoms with Crippen LogP contribution in [-0.4, -0.2) is 7.11 Å². The molecule has 0 saturated carbocycles. The number of nitroso groups, excluding NO2 is 1. The van der Waals surface area contributed by atoms with E-state index < -0.39 is 0 Å². The maximum absolute atomic E-state index is 10.5. The van der Waals surface area contributed by atoms with E-state index >= 15 is 0 Å². The van der Waals surface area contributed by atoms with Gasteiger partial charge in [0.15, 0.2) is 0 Å². The first kappa shape index (κ1) is 14.6. The van der Waals surface area contributed by atoms with Crippen molar-refractivity contribution in [3.8, 4) is 5.75 Å². The summed E-state index contributed by atoms with van der Waals surface area (Å²) in [5.41, 5.74) is 6.18. The van der Waals surface area contributed by atoms with Gasteiger partial charge in [-0.1, -0.05) is 11.8 Å². The van der Waals surface area contributed by atoms with Gasteiger partial charge in [0.25, 0.3) is 0 Å². The molecule has 4 nitrogen and oxygen atoms in total. The lowest BCUT2D eigenvalue weighted by atomic mass is 10.1. The van der Waals surface area contributed by atoms with Crippen molar-refractivity contribution in [1.29, 1.82) is 0 Å². The molecule has 0 spiro atoms. The lowest BCUT2D eigenvalue weighted by Gasteiger charge is -2.10. The molecule has 2 rings (SSSR count). The fourth-order valence-corrected chi connectivity index (χ4v) is 1.87. The van der Waals surface area contributed by atoms with Crippen molar-refractivity contribution >= 4 is 17.1 Å². The number of rotatable bonds is 5. The Labute approximate surface area is 123 Å². The Kier molecular flexibility index (Phi) is 4.91. The van der Waals surface area contributed by atoms with Gasteiger partial charge in [-0.05, 0) is 54.6 Å². The van der Waals surface area contributed by atoms with Crippen LogP contribution in [0.3, 0.4) is 0 Å². The summed E-state index contributed by atoms with van der Waals surface area (Å²) in [5, 5.41) is 6.19. The summed E-state index contributed by atoms with van der Waals surface area (Å²) in [6, 6.07) is 14.6. The minimum atomic E-state index is 0.403. The first-order chi connectivity index (χ1) is 10.3. The van der Waals surface area contributed by atoms with E-state index in [0.29, 0.717) is 5.69 Å². The minimum Gasteiger partial charge on any atom is -0.497 e. The van der Waals surface area contributed by atoms with Crippen LogP contribution in [0.25, 0.3) is 5.70 Å². The summed E-state index contributed by atoms with van der Waals surface area (Å²) in [6.45, 7) is 1.90. The summed E-state index contributed by atoms with van der Waals surface area (Å²) in [6.07, 6.45) is 1.83. The predicted molar refractivity (Wildman–Crippen MR) is 85.7 cm³/mol. The van der Waals surface area contributed by atoms with E-state index in [1.165, 1.54) is 0 Å². The van der Waals surface area contributed by atoms with Crippen LogP contribution in [0.2, 0.25) is 0 Å².